The van der Waals surface area contributed by atoms with Crippen LogP contribution in [0.15, 0.2) is 18.2 Å². The van der Waals surface area contributed by atoms with Crippen molar-refractivity contribution in [2.75, 3.05) is 19.0 Å². The largest absolute Gasteiger partial charge is 0.494 e. The first kappa shape index (κ1) is 17.4. The van der Waals surface area contributed by atoms with Crippen LogP contribution in [0.25, 0.3) is 0 Å². The molecule has 0 aliphatic heterocycles. The number of amides is 1. The van der Waals surface area contributed by atoms with Crippen molar-refractivity contribution in [3.8, 4) is 5.75 Å². The summed E-state index contributed by atoms with van der Waals surface area (Å²) >= 11 is 0. The van der Waals surface area contributed by atoms with Crippen LogP contribution < -0.4 is 10.1 Å². The van der Waals surface area contributed by atoms with E-state index in [-0.39, 0.29) is 17.1 Å². The van der Waals surface area contributed by atoms with Gasteiger partial charge in [0.1, 0.15) is 5.75 Å². The summed E-state index contributed by atoms with van der Waals surface area (Å²) in [7, 11) is 1.33. The molecule has 0 aliphatic carbocycles. The van der Waals surface area contributed by atoms with E-state index in [1.807, 2.05) is 0 Å². The standard InChI is InChI=1S/C14H18N2O6/c1-14(2,3)13(18)22-8-12(17)15-10-6-5-9(16(19)20)7-11(10)21-4/h5-7H,8H2,1-4H3,(H,15,17). The Labute approximate surface area is 127 Å². The predicted molar refractivity (Wildman–Crippen MR) is 78.7 cm³/mol. The smallest absolute Gasteiger partial charge is 0.311 e. The number of hydrogen-bond donors (Lipinski definition) is 1. The topological polar surface area (TPSA) is 108 Å². The SMILES string of the molecule is COc1cc([N+](=O)[O-])ccc1NC(=O)COC(=O)C(C)(C)C. The average Bonchev–Trinajstić information content (AvgIpc) is 2.43. The lowest BCUT2D eigenvalue weighted by Gasteiger charge is -2.16. The van der Waals surface area contributed by atoms with E-state index in [9.17, 15) is 19.7 Å². The fraction of sp³-hybridized carbons (Fsp3) is 0.429. The first-order valence-electron chi connectivity index (χ1n) is 6.44. The zero-order valence-electron chi connectivity index (χ0n) is 12.8. The molecule has 1 amide bonds. The van der Waals surface area contributed by atoms with Gasteiger partial charge in [0.05, 0.1) is 29.2 Å². The molecule has 0 saturated carbocycles. The number of hydrogen-bond acceptors (Lipinski definition) is 6. The number of anilines is 1. The second kappa shape index (κ2) is 6.88. The van der Waals surface area contributed by atoms with Gasteiger partial charge in [0, 0.05) is 6.07 Å². The number of benzene rings is 1. The molecular weight excluding hydrogens is 292 g/mol. The van der Waals surface area contributed by atoms with E-state index < -0.39 is 28.8 Å². The fourth-order valence-corrected chi connectivity index (χ4v) is 1.43. The zero-order chi connectivity index (χ0) is 16.9. The Kier molecular flexibility index (Phi) is 5.44. The highest BCUT2D eigenvalue weighted by molar-refractivity contribution is 5.94. The lowest BCUT2D eigenvalue weighted by Crippen LogP contribution is -2.28. The number of nitro groups is 1. The molecule has 22 heavy (non-hydrogen) atoms. The average molecular weight is 310 g/mol. The van der Waals surface area contributed by atoms with Crippen molar-refractivity contribution in [2.45, 2.75) is 20.8 Å². The van der Waals surface area contributed by atoms with Crippen molar-refractivity contribution in [3.05, 3.63) is 28.3 Å². The second-order valence-electron chi connectivity index (χ2n) is 5.52. The number of ether oxygens (including phenoxy) is 2. The number of rotatable bonds is 5. The molecule has 0 aliphatic rings. The molecule has 8 nitrogen and oxygen atoms in total. The van der Waals surface area contributed by atoms with E-state index in [0.717, 1.165) is 0 Å². The van der Waals surface area contributed by atoms with Crippen LogP contribution in [0.1, 0.15) is 20.8 Å². The van der Waals surface area contributed by atoms with Crippen LogP contribution in [0.4, 0.5) is 11.4 Å². The molecule has 0 aromatic heterocycles. The third kappa shape index (κ3) is 4.72. The molecule has 0 spiro atoms. The monoisotopic (exact) mass is 310 g/mol. The molecule has 1 rings (SSSR count). The van der Waals surface area contributed by atoms with E-state index >= 15 is 0 Å². The van der Waals surface area contributed by atoms with Crippen LogP contribution in [0.3, 0.4) is 0 Å². The maximum atomic E-state index is 11.8. The minimum atomic E-state index is -0.703. The van der Waals surface area contributed by atoms with E-state index in [1.165, 1.54) is 25.3 Å². The first-order valence-corrected chi connectivity index (χ1v) is 6.44. The number of carbonyl (C=O) groups excluding carboxylic acids is 2. The van der Waals surface area contributed by atoms with Crippen molar-refractivity contribution in [2.24, 2.45) is 5.41 Å². The number of nitrogens with one attached hydrogen (secondary N) is 1. The van der Waals surface area contributed by atoms with Crippen LogP contribution in [-0.4, -0.2) is 30.5 Å². The molecule has 8 heteroatoms. The van der Waals surface area contributed by atoms with Crippen LogP contribution in [-0.2, 0) is 14.3 Å². The molecule has 0 saturated heterocycles. The summed E-state index contributed by atoms with van der Waals surface area (Å²) in [6, 6.07) is 3.77. The van der Waals surface area contributed by atoms with Gasteiger partial charge < -0.3 is 14.8 Å². The van der Waals surface area contributed by atoms with E-state index in [1.54, 1.807) is 20.8 Å². The molecule has 0 atom stereocenters. The minimum absolute atomic E-state index is 0.143. The van der Waals surface area contributed by atoms with Crippen molar-refractivity contribution in [3.63, 3.8) is 0 Å². The van der Waals surface area contributed by atoms with Crippen LogP contribution in [0, 0.1) is 15.5 Å². The second-order valence-corrected chi connectivity index (χ2v) is 5.52. The van der Waals surface area contributed by atoms with Gasteiger partial charge in [0.2, 0.25) is 0 Å². The van der Waals surface area contributed by atoms with Gasteiger partial charge in [-0.25, -0.2) is 0 Å². The van der Waals surface area contributed by atoms with Crippen molar-refractivity contribution in [1.82, 2.24) is 0 Å². The molecule has 1 aromatic rings. The number of esters is 1. The quantitative estimate of drug-likeness (QED) is 0.507. The molecule has 0 bridgehead atoms. The molecule has 0 fully saturated rings. The Morgan fingerprint density at radius 1 is 1.32 bits per heavy atom. The lowest BCUT2D eigenvalue weighted by molar-refractivity contribution is -0.384. The Morgan fingerprint density at radius 2 is 1.95 bits per heavy atom. The molecule has 1 aromatic carbocycles. The Hall–Kier alpha value is -2.64. The summed E-state index contributed by atoms with van der Waals surface area (Å²) < 4.78 is 9.87. The molecule has 120 valence electrons. The third-order valence-electron chi connectivity index (χ3n) is 2.62. The van der Waals surface area contributed by atoms with Gasteiger partial charge in [-0.1, -0.05) is 0 Å². The summed E-state index contributed by atoms with van der Waals surface area (Å²) in [6.07, 6.45) is 0. The van der Waals surface area contributed by atoms with Crippen LogP contribution >= 0.6 is 0 Å². The fourth-order valence-electron chi connectivity index (χ4n) is 1.43. The van der Waals surface area contributed by atoms with Gasteiger partial charge in [0.25, 0.3) is 11.6 Å². The Morgan fingerprint density at radius 3 is 2.45 bits per heavy atom. The number of non-ortho nitro benzene ring substituents is 1. The normalized spacial score (nSPS) is 10.7. The van der Waals surface area contributed by atoms with Crippen LogP contribution in [0.5, 0.6) is 5.75 Å². The number of nitro benzene ring substituents is 1. The maximum Gasteiger partial charge on any atom is 0.311 e. The first-order chi connectivity index (χ1) is 10.1. The van der Waals surface area contributed by atoms with Crippen LogP contribution in [0.2, 0.25) is 0 Å². The van der Waals surface area contributed by atoms with E-state index in [4.69, 9.17) is 9.47 Å². The Bertz CT molecular complexity index is 591. The predicted octanol–water partition coefficient (Wildman–Crippen LogP) is 2.13. The van der Waals surface area contributed by atoms with E-state index in [0.29, 0.717) is 0 Å². The molecule has 0 unspecified atom stereocenters. The molecule has 0 radical (unpaired) electrons. The van der Waals surface area contributed by atoms with Crippen molar-refractivity contribution < 1.29 is 24.0 Å². The van der Waals surface area contributed by atoms with Crippen molar-refractivity contribution in [1.29, 1.82) is 0 Å². The highest BCUT2D eigenvalue weighted by atomic mass is 16.6. The summed E-state index contributed by atoms with van der Waals surface area (Å²) in [6.45, 7) is 4.57. The summed E-state index contributed by atoms with van der Waals surface area (Å²) in [5.74, 6) is -0.923. The van der Waals surface area contributed by atoms with Crippen molar-refractivity contribution >= 4 is 23.3 Å². The summed E-state index contributed by atoms with van der Waals surface area (Å²) in [5, 5.41) is 13.1. The van der Waals surface area contributed by atoms with Gasteiger partial charge in [-0.05, 0) is 26.8 Å². The maximum absolute atomic E-state index is 11.8. The summed E-state index contributed by atoms with van der Waals surface area (Å²) in [5.41, 5.74) is -0.607. The highest BCUT2D eigenvalue weighted by Gasteiger charge is 2.24. The summed E-state index contributed by atoms with van der Waals surface area (Å²) in [4.78, 5) is 33.4. The highest BCUT2D eigenvalue weighted by Crippen LogP contribution is 2.28. The Balaban J connectivity index is 2.72. The minimum Gasteiger partial charge on any atom is -0.494 e. The number of methoxy groups -OCH3 is 1. The van der Waals surface area contributed by atoms with Gasteiger partial charge in [-0.3, -0.25) is 19.7 Å². The zero-order valence-corrected chi connectivity index (χ0v) is 12.8. The van der Waals surface area contributed by atoms with Gasteiger partial charge in [0.15, 0.2) is 6.61 Å². The van der Waals surface area contributed by atoms with Gasteiger partial charge in [-0.15, -0.1) is 0 Å². The molecule has 0 heterocycles. The number of carbonyl (C=O) groups is 2. The van der Waals surface area contributed by atoms with E-state index in [2.05, 4.69) is 5.32 Å². The third-order valence-corrected chi connectivity index (χ3v) is 2.62. The number of nitrogens with zero attached hydrogens (tertiary/aromatic N) is 1. The lowest BCUT2D eigenvalue weighted by atomic mass is 9.97. The molecule has 1 N–H and O–H groups in total. The molecular formula is C14H18N2O6. The van der Waals surface area contributed by atoms with Gasteiger partial charge >= 0.3 is 5.97 Å². The van der Waals surface area contributed by atoms with Gasteiger partial charge in [-0.2, -0.15) is 0 Å².